The van der Waals surface area contributed by atoms with Gasteiger partial charge in [0.2, 0.25) is 5.91 Å². The molecule has 8 nitrogen and oxygen atoms in total. The molecule has 9 heteroatoms. The van der Waals surface area contributed by atoms with Crippen LogP contribution in [0.4, 0.5) is 0 Å². The van der Waals surface area contributed by atoms with E-state index < -0.39 is 0 Å². The van der Waals surface area contributed by atoms with Gasteiger partial charge in [0.25, 0.3) is 0 Å². The molecule has 1 amide bonds. The van der Waals surface area contributed by atoms with Crippen molar-refractivity contribution in [2.24, 2.45) is 0 Å². The molecule has 0 saturated carbocycles. The van der Waals surface area contributed by atoms with Gasteiger partial charge in [-0.3, -0.25) is 4.79 Å². The van der Waals surface area contributed by atoms with Gasteiger partial charge in [-0.05, 0) is 32.9 Å². The Kier molecular flexibility index (Phi) is 7.38. The maximum absolute atomic E-state index is 12.5. The topological polar surface area (TPSA) is 78.7 Å². The number of thioether (sulfide) groups is 1. The summed E-state index contributed by atoms with van der Waals surface area (Å²) in [4.78, 5) is 14.3. The minimum Gasteiger partial charge on any atom is -0.493 e. The molecule has 1 aromatic heterocycles. The first-order valence-corrected chi connectivity index (χ1v) is 10.7. The molecule has 0 aliphatic carbocycles. The molecule has 1 aliphatic heterocycles. The maximum Gasteiger partial charge on any atom is 0.233 e. The van der Waals surface area contributed by atoms with Crippen LogP contribution >= 0.6 is 11.8 Å². The number of aromatic nitrogens is 3. The van der Waals surface area contributed by atoms with E-state index in [0.29, 0.717) is 54.5 Å². The zero-order valence-electron chi connectivity index (χ0n) is 17.3. The highest BCUT2D eigenvalue weighted by molar-refractivity contribution is 7.99. The predicted octanol–water partition coefficient (Wildman–Crippen LogP) is 2.96. The Bertz CT molecular complexity index is 821. The van der Waals surface area contributed by atoms with Crippen molar-refractivity contribution in [3.63, 3.8) is 0 Å². The van der Waals surface area contributed by atoms with Crippen molar-refractivity contribution in [2.75, 3.05) is 39.2 Å². The lowest BCUT2D eigenvalue weighted by atomic mass is 10.3. The van der Waals surface area contributed by atoms with E-state index in [0.717, 1.165) is 0 Å². The average molecular weight is 421 g/mol. The molecule has 1 aliphatic rings. The summed E-state index contributed by atoms with van der Waals surface area (Å²) >= 11 is 1.41. The summed E-state index contributed by atoms with van der Waals surface area (Å²) in [7, 11) is 1.61. The molecule has 0 spiro atoms. The second-order valence-electron chi connectivity index (χ2n) is 7.00. The van der Waals surface area contributed by atoms with Crippen LogP contribution in [0.5, 0.6) is 11.5 Å². The summed E-state index contributed by atoms with van der Waals surface area (Å²) in [5, 5.41) is 9.40. The lowest BCUT2D eigenvalue weighted by molar-refractivity contribution is -0.132. The van der Waals surface area contributed by atoms with Gasteiger partial charge in [0, 0.05) is 19.1 Å². The highest BCUT2D eigenvalue weighted by Gasteiger charge is 2.24. The Morgan fingerprint density at radius 3 is 2.52 bits per heavy atom. The number of ether oxygens (including phenoxy) is 3. The van der Waals surface area contributed by atoms with E-state index in [4.69, 9.17) is 14.2 Å². The quantitative estimate of drug-likeness (QED) is 0.608. The summed E-state index contributed by atoms with van der Waals surface area (Å²) in [5.41, 5.74) is 0. The molecule has 1 aromatic carbocycles. The highest BCUT2D eigenvalue weighted by atomic mass is 32.2. The van der Waals surface area contributed by atoms with E-state index in [1.807, 2.05) is 40.7 Å². The van der Waals surface area contributed by atoms with E-state index >= 15 is 0 Å². The lowest BCUT2D eigenvalue weighted by Gasteiger charge is -2.26. The van der Waals surface area contributed by atoms with Crippen LogP contribution in [0.25, 0.3) is 0 Å². The number of rotatable bonds is 8. The second-order valence-corrected chi connectivity index (χ2v) is 7.94. The molecule has 0 radical (unpaired) electrons. The van der Waals surface area contributed by atoms with Crippen LogP contribution < -0.4 is 9.47 Å². The molecular weight excluding hydrogens is 392 g/mol. The third-order valence-electron chi connectivity index (χ3n) is 4.63. The van der Waals surface area contributed by atoms with E-state index in [1.165, 1.54) is 11.8 Å². The highest BCUT2D eigenvalue weighted by Crippen LogP contribution is 2.32. The molecule has 0 bridgehead atoms. The first kappa shape index (κ1) is 21.4. The summed E-state index contributed by atoms with van der Waals surface area (Å²) in [6, 6.07) is 7.64. The monoisotopic (exact) mass is 420 g/mol. The van der Waals surface area contributed by atoms with Gasteiger partial charge in [-0.2, -0.15) is 0 Å². The number of benzene rings is 1. The molecular formula is C20H28N4O4S. The SMILES string of the molecule is COc1ccccc1OC(C)c1nnc(SCC(=O)N2CCOCC2)n1C(C)C. The fraction of sp³-hybridized carbons (Fsp3) is 0.550. The van der Waals surface area contributed by atoms with E-state index in [-0.39, 0.29) is 18.1 Å². The van der Waals surface area contributed by atoms with Crippen molar-refractivity contribution < 1.29 is 19.0 Å². The van der Waals surface area contributed by atoms with Crippen molar-refractivity contribution in [1.82, 2.24) is 19.7 Å². The fourth-order valence-corrected chi connectivity index (χ4v) is 4.12. The van der Waals surface area contributed by atoms with E-state index in [1.54, 1.807) is 7.11 Å². The number of para-hydroxylation sites is 2. The number of morpholine rings is 1. The predicted molar refractivity (Wildman–Crippen MR) is 111 cm³/mol. The average Bonchev–Trinajstić information content (AvgIpc) is 3.17. The molecule has 2 heterocycles. The molecule has 0 N–H and O–H groups in total. The second kappa shape index (κ2) is 9.98. The molecule has 158 valence electrons. The van der Waals surface area contributed by atoms with Gasteiger partial charge in [0.15, 0.2) is 28.6 Å². The van der Waals surface area contributed by atoms with Gasteiger partial charge in [0.05, 0.1) is 26.1 Å². The van der Waals surface area contributed by atoms with Gasteiger partial charge < -0.3 is 23.7 Å². The minimum atomic E-state index is -0.328. The maximum atomic E-state index is 12.5. The Labute approximate surface area is 175 Å². The Morgan fingerprint density at radius 1 is 1.17 bits per heavy atom. The first-order chi connectivity index (χ1) is 14.0. The molecule has 2 aromatic rings. The van der Waals surface area contributed by atoms with Crippen LogP contribution in [0.15, 0.2) is 29.4 Å². The molecule has 1 atom stereocenters. The molecule has 1 fully saturated rings. The van der Waals surface area contributed by atoms with Crippen molar-refractivity contribution in [3.05, 3.63) is 30.1 Å². The number of hydrogen-bond donors (Lipinski definition) is 0. The Morgan fingerprint density at radius 2 is 1.86 bits per heavy atom. The van der Waals surface area contributed by atoms with Gasteiger partial charge >= 0.3 is 0 Å². The molecule has 1 unspecified atom stereocenters. The third-order valence-corrected chi connectivity index (χ3v) is 5.56. The number of carbonyl (C=O) groups excluding carboxylic acids is 1. The summed E-state index contributed by atoms with van der Waals surface area (Å²) in [6.45, 7) is 8.55. The van der Waals surface area contributed by atoms with Crippen LogP contribution in [-0.2, 0) is 9.53 Å². The van der Waals surface area contributed by atoms with Crippen LogP contribution in [0, 0.1) is 0 Å². The van der Waals surface area contributed by atoms with Crippen LogP contribution in [0.1, 0.15) is 38.7 Å². The minimum absolute atomic E-state index is 0.0940. The molecule has 3 rings (SSSR count). The smallest absolute Gasteiger partial charge is 0.233 e. The van der Waals surface area contributed by atoms with E-state index in [2.05, 4.69) is 24.0 Å². The lowest BCUT2D eigenvalue weighted by Crippen LogP contribution is -2.41. The normalized spacial score (nSPS) is 15.4. The third kappa shape index (κ3) is 5.22. The number of carbonyl (C=O) groups is 1. The van der Waals surface area contributed by atoms with E-state index in [9.17, 15) is 4.79 Å². The zero-order chi connectivity index (χ0) is 20.8. The Balaban J connectivity index is 1.71. The van der Waals surface area contributed by atoms with Crippen LogP contribution in [-0.4, -0.2) is 64.7 Å². The molecule has 1 saturated heterocycles. The van der Waals surface area contributed by atoms with Crippen molar-refractivity contribution in [2.45, 2.75) is 38.1 Å². The van der Waals surface area contributed by atoms with Gasteiger partial charge in [-0.25, -0.2) is 0 Å². The summed E-state index contributed by atoms with van der Waals surface area (Å²) < 4.78 is 18.8. The van der Waals surface area contributed by atoms with Crippen molar-refractivity contribution >= 4 is 17.7 Å². The van der Waals surface area contributed by atoms with Crippen molar-refractivity contribution in [3.8, 4) is 11.5 Å². The first-order valence-electron chi connectivity index (χ1n) is 9.74. The number of nitrogens with zero attached hydrogens (tertiary/aromatic N) is 4. The van der Waals surface area contributed by atoms with Gasteiger partial charge in [-0.1, -0.05) is 23.9 Å². The Hall–Kier alpha value is -2.26. The molecule has 29 heavy (non-hydrogen) atoms. The van der Waals surface area contributed by atoms with Crippen LogP contribution in [0.3, 0.4) is 0 Å². The summed E-state index contributed by atoms with van der Waals surface area (Å²) in [5.74, 6) is 2.45. The fourth-order valence-electron chi connectivity index (χ4n) is 3.14. The number of methoxy groups -OCH3 is 1. The summed E-state index contributed by atoms with van der Waals surface area (Å²) in [6.07, 6.45) is -0.328. The van der Waals surface area contributed by atoms with Gasteiger partial charge in [-0.15, -0.1) is 10.2 Å². The standard InChI is InChI=1S/C20H28N4O4S/c1-14(2)24-19(15(3)28-17-8-6-5-7-16(17)26-4)21-22-20(24)29-13-18(25)23-9-11-27-12-10-23/h5-8,14-15H,9-13H2,1-4H3. The number of hydrogen-bond acceptors (Lipinski definition) is 7. The van der Waals surface area contributed by atoms with Crippen LogP contribution in [0.2, 0.25) is 0 Å². The van der Waals surface area contributed by atoms with Crippen molar-refractivity contribution in [1.29, 1.82) is 0 Å². The number of amides is 1. The van der Waals surface area contributed by atoms with Gasteiger partial charge in [0.1, 0.15) is 0 Å². The zero-order valence-corrected chi connectivity index (χ0v) is 18.1. The largest absolute Gasteiger partial charge is 0.493 e.